The quantitative estimate of drug-likeness (QED) is 0.352. The first-order valence-electron chi connectivity index (χ1n) is 9.25. The minimum absolute atomic E-state index is 0.209. The third-order valence-corrected chi connectivity index (χ3v) is 5.20. The molecule has 0 spiro atoms. The lowest BCUT2D eigenvalue weighted by molar-refractivity contribution is 0.0977. The number of thiocarbonyl (C=S) groups is 1. The van der Waals surface area contributed by atoms with Crippen LogP contribution in [0.5, 0.6) is 0 Å². The Bertz CT molecular complexity index is 1280. The third-order valence-electron chi connectivity index (χ3n) is 4.50. The van der Waals surface area contributed by atoms with Gasteiger partial charge in [-0.25, -0.2) is 4.98 Å². The van der Waals surface area contributed by atoms with Crippen molar-refractivity contribution in [3.8, 4) is 11.5 Å². The number of aryl methyl sites for hydroxylation is 2. The van der Waals surface area contributed by atoms with Crippen LogP contribution >= 0.6 is 28.1 Å². The number of benzene rings is 3. The van der Waals surface area contributed by atoms with E-state index in [9.17, 15) is 4.79 Å². The van der Waals surface area contributed by atoms with Gasteiger partial charge in [-0.05, 0) is 79.7 Å². The van der Waals surface area contributed by atoms with Crippen LogP contribution in [0.3, 0.4) is 0 Å². The minimum Gasteiger partial charge on any atom is -0.436 e. The Hall–Kier alpha value is -3.03. The minimum atomic E-state index is -0.283. The highest BCUT2D eigenvalue weighted by molar-refractivity contribution is 9.10. The second-order valence-corrected chi connectivity index (χ2v) is 8.27. The van der Waals surface area contributed by atoms with Gasteiger partial charge in [0.15, 0.2) is 10.7 Å². The molecule has 1 heterocycles. The lowest BCUT2D eigenvalue weighted by Gasteiger charge is -2.10. The van der Waals surface area contributed by atoms with E-state index in [1.165, 1.54) is 0 Å². The molecule has 0 fully saturated rings. The van der Waals surface area contributed by atoms with E-state index in [0.717, 1.165) is 38.0 Å². The molecule has 4 rings (SSSR count). The average molecular weight is 480 g/mol. The van der Waals surface area contributed by atoms with Gasteiger partial charge in [0.25, 0.3) is 5.91 Å². The highest BCUT2D eigenvalue weighted by Gasteiger charge is 2.12. The monoisotopic (exact) mass is 479 g/mol. The lowest BCUT2D eigenvalue weighted by atomic mass is 10.1. The Morgan fingerprint density at radius 3 is 2.67 bits per heavy atom. The summed E-state index contributed by atoms with van der Waals surface area (Å²) in [6, 6.07) is 18.7. The van der Waals surface area contributed by atoms with E-state index < -0.39 is 0 Å². The van der Waals surface area contributed by atoms with Gasteiger partial charge in [-0.15, -0.1) is 0 Å². The molecule has 0 radical (unpaired) electrons. The molecule has 0 unspecified atom stereocenters. The summed E-state index contributed by atoms with van der Waals surface area (Å²) in [5.74, 6) is 0.251. The number of fused-ring (bicyclic) bond motifs is 1. The number of hydrogen-bond acceptors (Lipinski definition) is 4. The van der Waals surface area contributed by atoms with Crippen molar-refractivity contribution >= 4 is 56.0 Å². The smallest absolute Gasteiger partial charge is 0.257 e. The number of anilines is 1. The second-order valence-electron chi connectivity index (χ2n) is 6.95. The van der Waals surface area contributed by atoms with Crippen LogP contribution < -0.4 is 10.6 Å². The Labute approximate surface area is 187 Å². The van der Waals surface area contributed by atoms with Crippen molar-refractivity contribution in [2.45, 2.75) is 13.8 Å². The predicted octanol–water partition coefficient (Wildman–Crippen LogP) is 6.00. The zero-order chi connectivity index (χ0) is 21.3. The van der Waals surface area contributed by atoms with Gasteiger partial charge in [-0.3, -0.25) is 10.1 Å². The number of hydrogen-bond donors (Lipinski definition) is 2. The summed E-state index contributed by atoms with van der Waals surface area (Å²) in [7, 11) is 0. The zero-order valence-corrected chi connectivity index (χ0v) is 18.7. The van der Waals surface area contributed by atoms with Crippen molar-refractivity contribution < 1.29 is 9.21 Å². The van der Waals surface area contributed by atoms with Crippen LogP contribution in [0.4, 0.5) is 5.69 Å². The van der Waals surface area contributed by atoms with Gasteiger partial charge in [0.05, 0.1) is 0 Å². The molecule has 7 heteroatoms. The number of halogens is 1. The van der Waals surface area contributed by atoms with E-state index in [2.05, 4.69) is 37.6 Å². The molecule has 1 amide bonds. The third kappa shape index (κ3) is 4.42. The van der Waals surface area contributed by atoms with E-state index in [1.807, 2.05) is 50.2 Å². The van der Waals surface area contributed by atoms with E-state index in [1.54, 1.807) is 18.2 Å². The van der Waals surface area contributed by atoms with Gasteiger partial charge in [0, 0.05) is 21.3 Å². The fraction of sp³-hybridized carbons (Fsp3) is 0.0870. The van der Waals surface area contributed by atoms with Crippen molar-refractivity contribution in [3.05, 3.63) is 81.8 Å². The van der Waals surface area contributed by atoms with Crippen LogP contribution in [0.15, 0.2) is 69.6 Å². The first-order chi connectivity index (χ1) is 14.4. The standard InChI is InChI=1S/C23H18BrN3O2S/c1-13-9-14(2)20-19(10-13)26-22(29-20)16-6-4-8-18(12-16)25-23(30)27-21(28)15-5-3-7-17(24)11-15/h3-12H,1-2H3,(H2,25,27,28,30). The molecule has 4 aromatic rings. The average Bonchev–Trinajstić information content (AvgIpc) is 3.12. The molecule has 0 bridgehead atoms. The van der Waals surface area contributed by atoms with Gasteiger partial charge in [-0.1, -0.05) is 34.1 Å². The fourth-order valence-electron chi connectivity index (χ4n) is 3.20. The van der Waals surface area contributed by atoms with Crippen molar-refractivity contribution in [1.82, 2.24) is 10.3 Å². The van der Waals surface area contributed by atoms with Crippen molar-refractivity contribution in [3.63, 3.8) is 0 Å². The van der Waals surface area contributed by atoms with Crippen LogP contribution in [-0.4, -0.2) is 16.0 Å². The molecular weight excluding hydrogens is 462 g/mol. The van der Waals surface area contributed by atoms with E-state index in [-0.39, 0.29) is 11.0 Å². The Balaban J connectivity index is 1.51. The molecular formula is C23H18BrN3O2S. The van der Waals surface area contributed by atoms with Gasteiger partial charge >= 0.3 is 0 Å². The van der Waals surface area contributed by atoms with Crippen molar-refractivity contribution in [2.75, 3.05) is 5.32 Å². The number of aromatic nitrogens is 1. The molecule has 30 heavy (non-hydrogen) atoms. The summed E-state index contributed by atoms with van der Waals surface area (Å²) in [5, 5.41) is 5.94. The van der Waals surface area contributed by atoms with Gasteiger partial charge in [0.2, 0.25) is 5.89 Å². The number of carbonyl (C=O) groups is 1. The van der Waals surface area contributed by atoms with Crippen LogP contribution in [0.25, 0.3) is 22.6 Å². The van der Waals surface area contributed by atoms with Crippen LogP contribution in [0, 0.1) is 13.8 Å². The van der Waals surface area contributed by atoms with Gasteiger partial charge in [-0.2, -0.15) is 0 Å². The number of nitrogens with one attached hydrogen (secondary N) is 2. The zero-order valence-electron chi connectivity index (χ0n) is 16.3. The van der Waals surface area contributed by atoms with Gasteiger partial charge < -0.3 is 9.73 Å². The summed E-state index contributed by atoms with van der Waals surface area (Å²) in [5.41, 5.74) is 5.86. The molecule has 0 aliphatic carbocycles. The maximum absolute atomic E-state index is 12.4. The highest BCUT2D eigenvalue weighted by Crippen LogP contribution is 2.28. The maximum Gasteiger partial charge on any atom is 0.257 e. The number of amides is 1. The largest absolute Gasteiger partial charge is 0.436 e. The first kappa shape index (κ1) is 20.3. The molecule has 2 N–H and O–H groups in total. The first-order valence-corrected chi connectivity index (χ1v) is 10.5. The summed E-state index contributed by atoms with van der Waals surface area (Å²) in [6.45, 7) is 4.05. The van der Waals surface area contributed by atoms with Crippen LogP contribution in [0.1, 0.15) is 21.5 Å². The second kappa shape index (κ2) is 8.38. The van der Waals surface area contributed by atoms with E-state index in [0.29, 0.717) is 11.5 Å². The molecule has 0 aliphatic heterocycles. The number of rotatable bonds is 3. The Morgan fingerprint density at radius 2 is 1.87 bits per heavy atom. The SMILES string of the molecule is Cc1cc(C)c2oc(-c3cccc(NC(=S)NC(=O)c4cccc(Br)c4)c3)nc2c1. The highest BCUT2D eigenvalue weighted by atomic mass is 79.9. The molecule has 150 valence electrons. The fourth-order valence-corrected chi connectivity index (χ4v) is 3.81. The summed E-state index contributed by atoms with van der Waals surface area (Å²) < 4.78 is 6.81. The molecule has 0 atom stereocenters. The van der Waals surface area contributed by atoms with Crippen LogP contribution in [-0.2, 0) is 0 Å². The molecule has 3 aromatic carbocycles. The number of carbonyl (C=O) groups excluding carboxylic acids is 1. The van der Waals surface area contributed by atoms with Crippen molar-refractivity contribution in [2.24, 2.45) is 0 Å². The molecule has 0 saturated heterocycles. The molecule has 1 aromatic heterocycles. The van der Waals surface area contributed by atoms with Gasteiger partial charge in [0.1, 0.15) is 5.52 Å². The number of oxazole rings is 1. The topological polar surface area (TPSA) is 67.2 Å². The van der Waals surface area contributed by atoms with Crippen molar-refractivity contribution in [1.29, 1.82) is 0 Å². The summed E-state index contributed by atoms with van der Waals surface area (Å²) in [4.78, 5) is 17.0. The summed E-state index contributed by atoms with van der Waals surface area (Å²) >= 11 is 8.65. The Kier molecular flexibility index (Phi) is 5.65. The number of nitrogens with zero attached hydrogens (tertiary/aromatic N) is 1. The lowest BCUT2D eigenvalue weighted by Crippen LogP contribution is -2.34. The maximum atomic E-state index is 12.4. The molecule has 0 aliphatic rings. The normalized spacial score (nSPS) is 10.8. The van der Waals surface area contributed by atoms with E-state index >= 15 is 0 Å². The molecule has 5 nitrogen and oxygen atoms in total. The Morgan fingerprint density at radius 1 is 1.07 bits per heavy atom. The summed E-state index contributed by atoms with van der Waals surface area (Å²) in [6.07, 6.45) is 0. The molecule has 0 saturated carbocycles. The van der Waals surface area contributed by atoms with E-state index in [4.69, 9.17) is 16.6 Å². The van der Waals surface area contributed by atoms with Crippen LogP contribution in [0.2, 0.25) is 0 Å². The predicted molar refractivity (Wildman–Crippen MR) is 127 cm³/mol.